The summed E-state index contributed by atoms with van der Waals surface area (Å²) in [6, 6.07) is 10.6. The number of hydrogen-bond acceptors (Lipinski definition) is 0. The molecule has 1 rings (SSSR count). The van der Waals surface area contributed by atoms with Crippen LogP contribution in [0.4, 0.5) is 0 Å². The Balaban J connectivity index is 2.05. The molecule has 104 valence electrons. The van der Waals surface area contributed by atoms with Gasteiger partial charge in [0.1, 0.15) is 0 Å². The molecule has 0 N–H and O–H groups in total. The summed E-state index contributed by atoms with van der Waals surface area (Å²) >= 11 is 0. The zero-order valence-electron chi connectivity index (χ0n) is 12.6. The fraction of sp³-hybridized carbons (Fsp3) is 0.474. The Morgan fingerprint density at radius 3 is 2.26 bits per heavy atom. The molecule has 1 aromatic carbocycles. The topological polar surface area (TPSA) is 0 Å². The third-order valence-corrected chi connectivity index (χ3v) is 3.64. The second-order valence-corrected chi connectivity index (χ2v) is 5.46. The van der Waals surface area contributed by atoms with Crippen LogP contribution in [0.15, 0.2) is 54.1 Å². The van der Waals surface area contributed by atoms with E-state index >= 15 is 0 Å². The maximum atomic E-state index is 4.20. The largest absolute Gasteiger partial charge is 0.0995 e. The van der Waals surface area contributed by atoms with Crippen LogP contribution in [0.5, 0.6) is 0 Å². The molecule has 0 aromatic heterocycles. The van der Waals surface area contributed by atoms with E-state index in [0.717, 1.165) is 6.42 Å². The lowest BCUT2D eigenvalue weighted by Crippen LogP contribution is -1.90. The van der Waals surface area contributed by atoms with E-state index < -0.39 is 0 Å². The molecular formula is C19H28. The van der Waals surface area contributed by atoms with Crippen LogP contribution in [0.25, 0.3) is 0 Å². The van der Waals surface area contributed by atoms with Gasteiger partial charge in [-0.15, -0.1) is 0 Å². The first-order valence-corrected chi connectivity index (χ1v) is 7.54. The van der Waals surface area contributed by atoms with Gasteiger partial charge >= 0.3 is 0 Å². The summed E-state index contributed by atoms with van der Waals surface area (Å²) < 4.78 is 0. The molecule has 0 saturated heterocycles. The zero-order valence-corrected chi connectivity index (χ0v) is 12.6. The molecule has 0 atom stereocenters. The predicted octanol–water partition coefficient (Wildman–Crippen LogP) is 6.09. The van der Waals surface area contributed by atoms with Gasteiger partial charge in [-0.2, -0.15) is 0 Å². The van der Waals surface area contributed by atoms with Crippen molar-refractivity contribution in [3.63, 3.8) is 0 Å². The summed E-state index contributed by atoms with van der Waals surface area (Å²) in [7, 11) is 0. The molecule has 0 heteroatoms. The van der Waals surface area contributed by atoms with Crippen molar-refractivity contribution < 1.29 is 0 Å². The minimum atomic E-state index is 1.04. The summed E-state index contributed by atoms with van der Waals surface area (Å²) in [5.74, 6) is 0. The van der Waals surface area contributed by atoms with Crippen molar-refractivity contribution in [2.24, 2.45) is 0 Å². The van der Waals surface area contributed by atoms with E-state index in [2.05, 4.69) is 56.8 Å². The second-order valence-electron chi connectivity index (χ2n) is 5.46. The van der Waals surface area contributed by atoms with Crippen molar-refractivity contribution in [3.05, 3.63) is 59.7 Å². The third kappa shape index (κ3) is 7.66. The minimum Gasteiger partial charge on any atom is -0.0995 e. The van der Waals surface area contributed by atoms with Gasteiger partial charge in [0.05, 0.1) is 0 Å². The normalized spacial score (nSPS) is 11.6. The third-order valence-electron chi connectivity index (χ3n) is 3.64. The summed E-state index contributed by atoms with van der Waals surface area (Å²) in [6.45, 7) is 8.55. The van der Waals surface area contributed by atoms with E-state index in [9.17, 15) is 0 Å². The molecule has 19 heavy (non-hydrogen) atoms. The molecule has 0 aliphatic rings. The van der Waals surface area contributed by atoms with Crippen molar-refractivity contribution in [1.29, 1.82) is 0 Å². The highest BCUT2D eigenvalue weighted by Crippen LogP contribution is 2.15. The van der Waals surface area contributed by atoms with Gasteiger partial charge in [0, 0.05) is 0 Å². The van der Waals surface area contributed by atoms with Crippen LogP contribution in [-0.4, -0.2) is 0 Å². The number of rotatable bonds is 9. The zero-order chi connectivity index (χ0) is 13.9. The predicted molar refractivity (Wildman–Crippen MR) is 86.4 cm³/mol. The molecule has 0 nitrogen and oxygen atoms in total. The van der Waals surface area contributed by atoms with Gasteiger partial charge in [-0.1, -0.05) is 67.0 Å². The van der Waals surface area contributed by atoms with Gasteiger partial charge in [0.15, 0.2) is 0 Å². The minimum absolute atomic E-state index is 1.04. The number of benzene rings is 1. The first-order chi connectivity index (χ1) is 9.22. The van der Waals surface area contributed by atoms with Crippen LogP contribution >= 0.6 is 0 Å². The monoisotopic (exact) mass is 256 g/mol. The van der Waals surface area contributed by atoms with E-state index in [0.29, 0.717) is 0 Å². The van der Waals surface area contributed by atoms with E-state index in [4.69, 9.17) is 0 Å². The highest BCUT2D eigenvalue weighted by molar-refractivity contribution is 5.20. The Labute approximate surface area is 119 Å². The van der Waals surface area contributed by atoms with Crippen LogP contribution in [0.3, 0.4) is 0 Å². The molecular weight excluding hydrogens is 228 g/mol. The molecule has 0 aliphatic carbocycles. The van der Waals surface area contributed by atoms with Gasteiger partial charge in [0.2, 0.25) is 0 Å². The van der Waals surface area contributed by atoms with Crippen molar-refractivity contribution >= 4 is 0 Å². The number of hydrogen-bond donors (Lipinski definition) is 0. The van der Waals surface area contributed by atoms with Crippen LogP contribution in [0.2, 0.25) is 0 Å². The lowest BCUT2D eigenvalue weighted by Gasteiger charge is -2.06. The summed E-state index contributed by atoms with van der Waals surface area (Å²) in [5.41, 5.74) is 4.28. The van der Waals surface area contributed by atoms with Gasteiger partial charge in [-0.3, -0.25) is 0 Å². The van der Waals surface area contributed by atoms with Crippen molar-refractivity contribution in [3.8, 4) is 0 Å². The Morgan fingerprint density at radius 2 is 1.63 bits per heavy atom. The maximum Gasteiger partial charge on any atom is -0.00698 e. The Hall–Kier alpha value is -1.30. The Morgan fingerprint density at radius 1 is 1.00 bits per heavy atom. The fourth-order valence-electron chi connectivity index (χ4n) is 2.25. The molecule has 0 amide bonds. The van der Waals surface area contributed by atoms with Crippen LogP contribution in [-0.2, 0) is 6.42 Å². The van der Waals surface area contributed by atoms with E-state index in [-0.39, 0.29) is 0 Å². The van der Waals surface area contributed by atoms with Gasteiger partial charge in [-0.25, -0.2) is 0 Å². The molecule has 0 heterocycles. The van der Waals surface area contributed by atoms with E-state index in [1.807, 2.05) is 0 Å². The van der Waals surface area contributed by atoms with E-state index in [1.165, 1.54) is 55.2 Å². The summed E-state index contributed by atoms with van der Waals surface area (Å²) in [4.78, 5) is 0. The van der Waals surface area contributed by atoms with Gasteiger partial charge < -0.3 is 0 Å². The first-order valence-electron chi connectivity index (χ1n) is 7.54. The quantitative estimate of drug-likeness (QED) is 0.370. The van der Waals surface area contributed by atoms with Crippen LogP contribution in [0.1, 0.15) is 57.9 Å². The smallest absolute Gasteiger partial charge is 0.00698 e. The lowest BCUT2D eigenvalue weighted by molar-refractivity contribution is 0.634. The van der Waals surface area contributed by atoms with Crippen LogP contribution < -0.4 is 0 Å². The molecule has 0 saturated carbocycles. The molecule has 0 spiro atoms. The Bertz CT molecular complexity index is 384. The summed E-state index contributed by atoms with van der Waals surface area (Å²) in [5, 5.41) is 0. The van der Waals surface area contributed by atoms with Crippen molar-refractivity contribution in [2.75, 3.05) is 0 Å². The number of allylic oxidation sites excluding steroid dienone is 3. The second kappa shape index (κ2) is 9.61. The summed E-state index contributed by atoms with van der Waals surface area (Å²) in [6.07, 6.45) is 11.0. The highest BCUT2D eigenvalue weighted by Gasteiger charge is 1.98. The molecule has 0 radical (unpaired) electrons. The van der Waals surface area contributed by atoms with Crippen molar-refractivity contribution in [2.45, 2.75) is 58.8 Å². The SMILES string of the molecule is C=C(CCCCCC/C(C)=C/C)Cc1ccccc1. The average molecular weight is 256 g/mol. The lowest BCUT2D eigenvalue weighted by atomic mass is 10.00. The van der Waals surface area contributed by atoms with Gasteiger partial charge in [0.25, 0.3) is 0 Å². The molecule has 0 aliphatic heterocycles. The van der Waals surface area contributed by atoms with Crippen LogP contribution in [0, 0.1) is 0 Å². The molecule has 0 unspecified atom stereocenters. The maximum absolute atomic E-state index is 4.20. The molecule has 0 bridgehead atoms. The number of unbranched alkanes of at least 4 members (excludes halogenated alkanes) is 3. The standard InChI is InChI=1S/C19H28/c1-4-17(2)12-8-5-6-9-13-18(3)16-19-14-10-7-11-15-19/h4,7,10-11,14-15H,3,5-6,8-9,12-13,16H2,1-2H3/b17-4+. The molecule has 0 fully saturated rings. The highest BCUT2D eigenvalue weighted by atomic mass is 14.0. The fourth-order valence-corrected chi connectivity index (χ4v) is 2.25. The average Bonchev–Trinajstić information content (AvgIpc) is 2.43. The van der Waals surface area contributed by atoms with Crippen molar-refractivity contribution in [1.82, 2.24) is 0 Å². The van der Waals surface area contributed by atoms with E-state index in [1.54, 1.807) is 0 Å². The Kier molecular flexibility index (Phi) is 7.97. The first kappa shape index (κ1) is 15.8. The van der Waals surface area contributed by atoms with Gasteiger partial charge in [-0.05, 0) is 51.5 Å². The molecule has 1 aromatic rings.